The first-order valence-corrected chi connectivity index (χ1v) is 4.21. The zero-order valence-corrected chi connectivity index (χ0v) is 6.97. The summed E-state index contributed by atoms with van der Waals surface area (Å²) in [6.45, 7) is 2.07. The Labute approximate surface area is 72.2 Å². The molecule has 0 aromatic carbocycles. The molecule has 66 valence electrons. The van der Waals surface area contributed by atoms with Crippen LogP contribution < -0.4 is 5.32 Å². The molecule has 0 bridgehead atoms. The van der Waals surface area contributed by atoms with Crippen molar-refractivity contribution in [3.63, 3.8) is 0 Å². The lowest BCUT2D eigenvalue weighted by Gasteiger charge is -2.20. The predicted molar refractivity (Wildman–Crippen MR) is 45.6 cm³/mol. The van der Waals surface area contributed by atoms with Crippen LogP contribution in [0.15, 0.2) is 0 Å². The summed E-state index contributed by atoms with van der Waals surface area (Å²) in [5.41, 5.74) is 0. The first kappa shape index (κ1) is 9.08. The van der Waals surface area contributed by atoms with E-state index in [4.69, 9.17) is 5.11 Å². The van der Waals surface area contributed by atoms with Gasteiger partial charge in [-0.05, 0) is 31.8 Å². The molecule has 2 N–H and O–H groups in total. The average molecular weight is 167 g/mol. The molecule has 0 aromatic rings. The summed E-state index contributed by atoms with van der Waals surface area (Å²) < 4.78 is 0. The molecule has 1 heterocycles. The van der Waals surface area contributed by atoms with E-state index in [1.165, 1.54) is 12.8 Å². The minimum Gasteiger partial charge on any atom is -0.472 e. The van der Waals surface area contributed by atoms with Crippen LogP contribution in [0.3, 0.4) is 0 Å². The first-order chi connectivity index (χ1) is 5.79. The Morgan fingerprint density at radius 3 is 3.08 bits per heavy atom. The third-order valence-corrected chi connectivity index (χ3v) is 1.98. The topological polar surface area (TPSA) is 49.3 Å². The van der Waals surface area contributed by atoms with Gasteiger partial charge in [-0.1, -0.05) is 5.92 Å². The fourth-order valence-corrected chi connectivity index (χ4v) is 1.37. The molecule has 1 fully saturated rings. The number of hydrogen-bond donors (Lipinski definition) is 2. The van der Waals surface area contributed by atoms with Crippen LogP contribution in [0.25, 0.3) is 0 Å². The van der Waals surface area contributed by atoms with E-state index >= 15 is 0 Å². The van der Waals surface area contributed by atoms with E-state index in [-0.39, 0.29) is 0 Å². The number of nitrogens with one attached hydrogen (secondary N) is 1. The Bertz CT molecular complexity index is 208. The van der Waals surface area contributed by atoms with Gasteiger partial charge in [0.15, 0.2) is 0 Å². The highest BCUT2D eigenvalue weighted by Gasteiger charge is 2.10. The maximum absolute atomic E-state index is 10.1. The van der Waals surface area contributed by atoms with Gasteiger partial charge in [0.1, 0.15) is 0 Å². The molecule has 1 saturated heterocycles. The van der Waals surface area contributed by atoms with Crippen LogP contribution >= 0.6 is 0 Å². The number of carboxylic acids is 1. The first-order valence-electron chi connectivity index (χ1n) is 4.21. The van der Waals surface area contributed by atoms with Crippen LogP contribution in [-0.2, 0) is 4.79 Å². The van der Waals surface area contributed by atoms with Gasteiger partial charge in [-0.15, -0.1) is 0 Å². The maximum Gasteiger partial charge on any atom is 0.381 e. The number of carbonyl (C=O) groups is 1. The largest absolute Gasteiger partial charge is 0.472 e. The lowest BCUT2D eigenvalue weighted by molar-refractivity contribution is -0.130. The lowest BCUT2D eigenvalue weighted by atomic mass is 9.97. The monoisotopic (exact) mass is 167 g/mol. The highest BCUT2D eigenvalue weighted by molar-refractivity contribution is 5.86. The molecule has 1 aliphatic heterocycles. The fraction of sp³-hybridized carbons (Fsp3) is 0.667. The van der Waals surface area contributed by atoms with Crippen LogP contribution in [0.4, 0.5) is 0 Å². The van der Waals surface area contributed by atoms with Crippen molar-refractivity contribution < 1.29 is 9.90 Å². The van der Waals surface area contributed by atoms with Crippen molar-refractivity contribution in [3.8, 4) is 11.8 Å². The summed E-state index contributed by atoms with van der Waals surface area (Å²) >= 11 is 0. The summed E-state index contributed by atoms with van der Waals surface area (Å²) in [6, 6.07) is 0. The van der Waals surface area contributed by atoms with Gasteiger partial charge in [0, 0.05) is 12.3 Å². The second-order valence-corrected chi connectivity index (χ2v) is 3.02. The Hall–Kier alpha value is -1.01. The molecule has 1 atom stereocenters. The molecule has 0 aliphatic carbocycles. The summed E-state index contributed by atoms with van der Waals surface area (Å²) in [4.78, 5) is 10.1. The van der Waals surface area contributed by atoms with E-state index in [1.807, 2.05) is 0 Å². The van der Waals surface area contributed by atoms with Gasteiger partial charge >= 0.3 is 5.97 Å². The van der Waals surface area contributed by atoms with Crippen LogP contribution in [0.1, 0.15) is 19.3 Å². The molecule has 0 radical (unpaired) electrons. The normalized spacial score (nSPS) is 22.5. The molecular weight excluding hydrogens is 154 g/mol. The summed E-state index contributed by atoms with van der Waals surface area (Å²) in [5, 5.41) is 11.5. The molecule has 3 nitrogen and oxygen atoms in total. The van der Waals surface area contributed by atoms with Gasteiger partial charge in [-0.2, -0.15) is 0 Å². The lowest BCUT2D eigenvalue weighted by Crippen LogP contribution is -2.29. The predicted octanol–water partition coefficient (Wildman–Crippen LogP) is 0.464. The Kier molecular flexibility index (Phi) is 3.62. The molecule has 0 spiro atoms. The van der Waals surface area contributed by atoms with Gasteiger partial charge in [0.05, 0.1) is 0 Å². The van der Waals surface area contributed by atoms with Crippen molar-refractivity contribution in [1.82, 2.24) is 5.32 Å². The van der Waals surface area contributed by atoms with Gasteiger partial charge in [0.25, 0.3) is 0 Å². The molecular formula is C9H13NO2. The molecule has 1 unspecified atom stereocenters. The van der Waals surface area contributed by atoms with Gasteiger partial charge < -0.3 is 10.4 Å². The molecule has 0 amide bonds. The van der Waals surface area contributed by atoms with E-state index in [0.29, 0.717) is 12.3 Å². The Morgan fingerprint density at radius 2 is 2.50 bits per heavy atom. The second kappa shape index (κ2) is 4.78. The van der Waals surface area contributed by atoms with Crippen molar-refractivity contribution in [3.05, 3.63) is 0 Å². The Balaban J connectivity index is 2.22. The SMILES string of the molecule is O=C(O)C#CCC1CCCNC1. The smallest absolute Gasteiger partial charge is 0.381 e. The van der Waals surface area contributed by atoms with E-state index in [0.717, 1.165) is 13.1 Å². The van der Waals surface area contributed by atoms with Crippen molar-refractivity contribution in [1.29, 1.82) is 0 Å². The van der Waals surface area contributed by atoms with Crippen LogP contribution in [0.2, 0.25) is 0 Å². The average Bonchev–Trinajstić information content (AvgIpc) is 2.05. The van der Waals surface area contributed by atoms with Crippen molar-refractivity contribution in [2.75, 3.05) is 13.1 Å². The van der Waals surface area contributed by atoms with Gasteiger partial charge in [-0.3, -0.25) is 0 Å². The van der Waals surface area contributed by atoms with E-state index < -0.39 is 5.97 Å². The standard InChI is InChI=1S/C9H13NO2/c11-9(12)5-1-3-8-4-2-6-10-7-8/h8,10H,2-4,6-7H2,(H,11,12). The van der Waals surface area contributed by atoms with Crippen LogP contribution in [0.5, 0.6) is 0 Å². The van der Waals surface area contributed by atoms with Crippen molar-refractivity contribution in [2.24, 2.45) is 5.92 Å². The summed E-state index contributed by atoms with van der Waals surface area (Å²) in [5.74, 6) is 4.31. The number of rotatable bonds is 1. The van der Waals surface area contributed by atoms with Crippen molar-refractivity contribution in [2.45, 2.75) is 19.3 Å². The molecule has 0 aromatic heterocycles. The van der Waals surface area contributed by atoms with Gasteiger partial charge in [-0.25, -0.2) is 4.79 Å². The number of aliphatic carboxylic acids is 1. The number of hydrogen-bond acceptors (Lipinski definition) is 2. The summed E-state index contributed by atoms with van der Waals surface area (Å²) in [7, 11) is 0. The zero-order chi connectivity index (χ0) is 8.81. The highest BCUT2D eigenvalue weighted by Crippen LogP contribution is 2.12. The Morgan fingerprint density at radius 1 is 1.67 bits per heavy atom. The van der Waals surface area contributed by atoms with E-state index in [9.17, 15) is 4.79 Å². The third-order valence-electron chi connectivity index (χ3n) is 1.98. The van der Waals surface area contributed by atoms with E-state index in [2.05, 4.69) is 17.2 Å². The number of carboxylic acid groups (broad SMARTS) is 1. The quantitative estimate of drug-likeness (QED) is 0.558. The van der Waals surface area contributed by atoms with Crippen LogP contribution in [-0.4, -0.2) is 24.2 Å². The molecule has 1 aliphatic rings. The maximum atomic E-state index is 10.1. The number of piperidine rings is 1. The molecule has 1 rings (SSSR count). The molecule has 3 heteroatoms. The minimum absolute atomic E-state index is 0.547. The fourth-order valence-electron chi connectivity index (χ4n) is 1.37. The molecule has 12 heavy (non-hydrogen) atoms. The summed E-state index contributed by atoms with van der Waals surface area (Å²) in [6.07, 6.45) is 3.06. The zero-order valence-electron chi connectivity index (χ0n) is 6.97. The second-order valence-electron chi connectivity index (χ2n) is 3.02. The highest BCUT2D eigenvalue weighted by atomic mass is 16.4. The van der Waals surface area contributed by atoms with Gasteiger partial charge in [0.2, 0.25) is 0 Å². The third kappa shape index (κ3) is 3.40. The minimum atomic E-state index is -1.03. The van der Waals surface area contributed by atoms with Crippen LogP contribution in [0, 0.1) is 17.8 Å². The molecule has 0 saturated carbocycles. The van der Waals surface area contributed by atoms with Crippen molar-refractivity contribution >= 4 is 5.97 Å². The van der Waals surface area contributed by atoms with E-state index in [1.54, 1.807) is 0 Å².